The Hall–Kier alpha value is 0.190. The molecule has 1 saturated heterocycles. The third-order valence-corrected chi connectivity index (χ3v) is 3.93. The van der Waals surface area contributed by atoms with Gasteiger partial charge in [-0.25, -0.2) is 0 Å². The highest BCUT2D eigenvalue weighted by Gasteiger charge is 2.42. The number of aliphatic hydroxyl groups excluding tert-OH is 2. The van der Waals surface area contributed by atoms with Crippen molar-refractivity contribution in [1.29, 1.82) is 0 Å². The monoisotopic (exact) mass is 250 g/mol. The summed E-state index contributed by atoms with van der Waals surface area (Å²) >= 11 is 1.55. The van der Waals surface area contributed by atoms with Gasteiger partial charge in [-0.15, -0.1) is 11.8 Å². The van der Waals surface area contributed by atoms with Gasteiger partial charge in [0.2, 0.25) is 0 Å². The van der Waals surface area contributed by atoms with Crippen LogP contribution in [0.5, 0.6) is 0 Å². The van der Waals surface area contributed by atoms with E-state index in [-0.39, 0.29) is 5.44 Å². The van der Waals surface area contributed by atoms with Gasteiger partial charge in [-0.05, 0) is 12.2 Å². The van der Waals surface area contributed by atoms with Crippen LogP contribution in [0.4, 0.5) is 0 Å². The maximum atomic E-state index is 9.69. The van der Waals surface area contributed by atoms with Crippen LogP contribution in [0.2, 0.25) is 0 Å². The Morgan fingerprint density at radius 2 is 1.94 bits per heavy atom. The molecule has 96 valence electrons. The van der Waals surface area contributed by atoms with Crippen LogP contribution in [0.25, 0.3) is 0 Å². The number of thioether (sulfide) groups is 1. The lowest BCUT2D eigenvalue weighted by atomic mass is 10.2. The first-order valence-corrected chi connectivity index (χ1v) is 6.91. The number of rotatable bonds is 7. The number of hydrogen-bond acceptors (Lipinski definition) is 5. The molecule has 5 heteroatoms. The summed E-state index contributed by atoms with van der Waals surface area (Å²) in [6.07, 6.45) is 2.33. The van der Waals surface area contributed by atoms with Crippen molar-refractivity contribution in [3.63, 3.8) is 0 Å². The van der Waals surface area contributed by atoms with Crippen LogP contribution >= 0.6 is 11.8 Å². The van der Waals surface area contributed by atoms with Crippen LogP contribution < -0.4 is 0 Å². The third-order valence-electron chi connectivity index (χ3n) is 2.69. The van der Waals surface area contributed by atoms with Crippen molar-refractivity contribution in [2.75, 3.05) is 12.9 Å². The molecular weight excluding hydrogens is 228 g/mol. The Bertz CT molecular complexity index is 191. The van der Waals surface area contributed by atoms with Crippen molar-refractivity contribution in [2.45, 2.75) is 56.5 Å². The average Bonchev–Trinajstić information content (AvgIpc) is 2.56. The third kappa shape index (κ3) is 3.89. The lowest BCUT2D eigenvalue weighted by Gasteiger charge is -2.13. The van der Waals surface area contributed by atoms with Gasteiger partial charge in [-0.1, -0.05) is 26.2 Å². The van der Waals surface area contributed by atoms with Crippen LogP contribution in [0.15, 0.2) is 0 Å². The second-order valence-electron chi connectivity index (χ2n) is 4.02. The Balaban J connectivity index is 2.17. The molecule has 4 atom stereocenters. The molecule has 1 fully saturated rings. The van der Waals surface area contributed by atoms with Gasteiger partial charge >= 0.3 is 0 Å². The minimum Gasteiger partial charge on any atom is -0.387 e. The van der Waals surface area contributed by atoms with Crippen molar-refractivity contribution in [3.8, 4) is 0 Å². The first-order valence-electron chi connectivity index (χ1n) is 5.86. The van der Waals surface area contributed by atoms with Crippen LogP contribution in [-0.2, 0) is 9.47 Å². The summed E-state index contributed by atoms with van der Waals surface area (Å²) < 4.78 is 10.3. The van der Waals surface area contributed by atoms with E-state index in [4.69, 9.17) is 9.47 Å². The molecule has 0 saturated carbocycles. The van der Waals surface area contributed by atoms with Crippen LogP contribution in [0.1, 0.15) is 32.6 Å². The van der Waals surface area contributed by atoms with Crippen molar-refractivity contribution in [3.05, 3.63) is 0 Å². The fourth-order valence-electron chi connectivity index (χ4n) is 1.68. The van der Waals surface area contributed by atoms with E-state index in [1.165, 1.54) is 26.4 Å². The first-order chi connectivity index (χ1) is 7.70. The van der Waals surface area contributed by atoms with Gasteiger partial charge in [0, 0.05) is 7.11 Å². The SMILES string of the molecule is CCCCCCSC1O[C@@H](OC)[C@@H](O)[C@@H]1O. The van der Waals surface area contributed by atoms with Gasteiger partial charge in [-0.2, -0.15) is 0 Å². The predicted molar refractivity (Wildman–Crippen MR) is 64.3 cm³/mol. The van der Waals surface area contributed by atoms with E-state index in [1.54, 1.807) is 11.8 Å². The minimum absolute atomic E-state index is 0.360. The van der Waals surface area contributed by atoms with Gasteiger partial charge in [0.05, 0.1) is 0 Å². The largest absolute Gasteiger partial charge is 0.387 e. The predicted octanol–water partition coefficient (Wildman–Crippen LogP) is 1.35. The molecule has 0 bridgehead atoms. The van der Waals surface area contributed by atoms with E-state index in [0.29, 0.717) is 0 Å². The Morgan fingerprint density at radius 1 is 1.19 bits per heavy atom. The Labute approximate surface area is 101 Å². The van der Waals surface area contributed by atoms with Crippen LogP contribution in [0.3, 0.4) is 0 Å². The molecule has 0 aliphatic carbocycles. The van der Waals surface area contributed by atoms with Gasteiger partial charge in [-0.3, -0.25) is 0 Å². The highest BCUT2D eigenvalue weighted by atomic mass is 32.2. The molecule has 1 aliphatic heterocycles. The normalized spacial score (nSPS) is 34.5. The van der Waals surface area contributed by atoms with E-state index >= 15 is 0 Å². The van der Waals surface area contributed by atoms with Crippen LogP contribution in [-0.4, -0.2) is 47.0 Å². The molecule has 0 aromatic heterocycles. The molecule has 1 unspecified atom stereocenters. The minimum atomic E-state index is -0.932. The quantitative estimate of drug-likeness (QED) is 0.668. The van der Waals surface area contributed by atoms with Gasteiger partial charge < -0.3 is 19.7 Å². The molecule has 1 heterocycles. The zero-order valence-electron chi connectivity index (χ0n) is 9.96. The molecule has 1 aliphatic rings. The topological polar surface area (TPSA) is 58.9 Å². The second kappa shape index (κ2) is 7.50. The fraction of sp³-hybridized carbons (Fsp3) is 1.00. The van der Waals surface area contributed by atoms with E-state index in [2.05, 4.69) is 6.92 Å². The standard InChI is InChI=1S/C11H22O4S/c1-3-4-5-6-7-16-11-9(13)8(12)10(14-2)15-11/h8-13H,3-7H2,1-2H3/t8-,9-,10+,11?/m0/s1. The summed E-state index contributed by atoms with van der Waals surface area (Å²) in [4.78, 5) is 0. The summed E-state index contributed by atoms with van der Waals surface area (Å²) in [7, 11) is 1.47. The van der Waals surface area contributed by atoms with Gasteiger partial charge in [0.1, 0.15) is 17.6 Å². The van der Waals surface area contributed by atoms with E-state index in [9.17, 15) is 10.2 Å². The Morgan fingerprint density at radius 3 is 2.50 bits per heavy atom. The number of methoxy groups -OCH3 is 1. The lowest BCUT2D eigenvalue weighted by molar-refractivity contribution is -0.138. The Kier molecular flexibility index (Phi) is 6.68. The second-order valence-corrected chi connectivity index (χ2v) is 5.23. The zero-order valence-corrected chi connectivity index (χ0v) is 10.8. The molecule has 0 amide bonds. The van der Waals surface area contributed by atoms with E-state index < -0.39 is 18.5 Å². The molecule has 2 N–H and O–H groups in total. The smallest absolute Gasteiger partial charge is 0.187 e. The molecule has 16 heavy (non-hydrogen) atoms. The molecule has 0 aromatic rings. The number of ether oxygens (including phenoxy) is 2. The molecular formula is C11H22O4S. The molecule has 1 rings (SSSR count). The van der Waals surface area contributed by atoms with E-state index in [0.717, 1.165) is 12.2 Å². The number of aliphatic hydroxyl groups is 2. The maximum Gasteiger partial charge on any atom is 0.187 e. The van der Waals surface area contributed by atoms with Crippen LogP contribution in [0, 0.1) is 0 Å². The summed E-state index contributed by atoms with van der Waals surface area (Å²) in [6, 6.07) is 0. The summed E-state index contributed by atoms with van der Waals surface area (Å²) in [5.41, 5.74) is -0.360. The summed E-state index contributed by atoms with van der Waals surface area (Å²) in [5.74, 6) is 0.949. The van der Waals surface area contributed by atoms with Crippen molar-refractivity contribution >= 4 is 11.8 Å². The van der Waals surface area contributed by atoms with Crippen molar-refractivity contribution in [2.24, 2.45) is 0 Å². The number of unbranched alkanes of at least 4 members (excludes halogenated alkanes) is 3. The van der Waals surface area contributed by atoms with E-state index in [1.807, 2.05) is 0 Å². The maximum absolute atomic E-state index is 9.69. The lowest BCUT2D eigenvalue weighted by Crippen LogP contribution is -2.32. The van der Waals surface area contributed by atoms with Crippen molar-refractivity contribution < 1.29 is 19.7 Å². The fourth-order valence-corrected chi connectivity index (χ4v) is 2.83. The van der Waals surface area contributed by atoms with Crippen molar-refractivity contribution in [1.82, 2.24) is 0 Å². The van der Waals surface area contributed by atoms with Gasteiger partial charge in [0.25, 0.3) is 0 Å². The molecule has 4 nitrogen and oxygen atoms in total. The molecule has 0 aromatic carbocycles. The summed E-state index contributed by atoms with van der Waals surface area (Å²) in [6.45, 7) is 2.18. The zero-order chi connectivity index (χ0) is 12.0. The average molecular weight is 250 g/mol. The molecule has 0 radical (unpaired) electrons. The first kappa shape index (κ1) is 14.3. The highest BCUT2D eigenvalue weighted by Crippen LogP contribution is 2.30. The highest BCUT2D eigenvalue weighted by molar-refractivity contribution is 7.99. The van der Waals surface area contributed by atoms with Gasteiger partial charge in [0.15, 0.2) is 6.29 Å². The number of hydrogen-bond donors (Lipinski definition) is 2. The molecule has 0 spiro atoms. The summed E-state index contributed by atoms with van der Waals surface area (Å²) in [5, 5.41) is 19.2.